The monoisotopic (exact) mass is 264 g/mol. The van der Waals surface area contributed by atoms with Crippen molar-refractivity contribution in [2.45, 2.75) is 32.7 Å². The second kappa shape index (κ2) is 5.30. The van der Waals surface area contributed by atoms with Gasteiger partial charge in [0.25, 0.3) is 5.91 Å². The van der Waals surface area contributed by atoms with Gasteiger partial charge >= 0.3 is 0 Å². The largest absolute Gasteiger partial charge is 0.343 e. The number of rotatable bonds is 4. The van der Waals surface area contributed by atoms with Crippen molar-refractivity contribution in [2.24, 2.45) is 0 Å². The van der Waals surface area contributed by atoms with Gasteiger partial charge in [-0.25, -0.2) is 4.98 Å². The summed E-state index contributed by atoms with van der Waals surface area (Å²) in [5, 5.41) is 12.4. The zero-order valence-corrected chi connectivity index (χ0v) is 11.4. The number of thiazole rings is 1. The third kappa shape index (κ3) is 2.76. The lowest BCUT2D eigenvalue weighted by Gasteiger charge is -2.10. The number of aromatic amines is 1. The van der Waals surface area contributed by atoms with Crippen molar-refractivity contribution in [3.63, 3.8) is 0 Å². The summed E-state index contributed by atoms with van der Waals surface area (Å²) in [6.07, 6.45) is 1.55. The van der Waals surface area contributed by atoms with Crippen LogP contribution < -0.4 is 5.32 Å². The summed E-state index contributed by atoms with van der Waals surface area (Å²) in [7, 11) is 0. The Kier molecular flexibility index (Phi) is 3.76. The van der Waals surface area contributed by atoms with Crippen LogP contribution >= 0.6 is 11.3 Å². The molecular formula is C12H16N4OS. The van der Waals surface area contributed by atoms with Crippen LogP contribution in [0, 0.1) is 0 Å². The van der Waals surface area contributed by atoms with Gasteiger partial charge in [0.1, 0.15) is 5.69 Å². The van der Waals surface area contributed by atoms with E-state index in [-0.39, 0.29) is 11.9 Å². The average molecular weight is 264 g/mol. The third-order valence-electron chi connectivity index (χ3n) is 2.57. The highest BCUT2D eigenvalue weighted by atomic mass is 32.1. The molecule has 0 aromatic carbocycles. The molecule has 0 radical (unpaired) electrons. The fourth-order valence-corrected chi connectivity index (χ4v) is 2.42. The van der Waals surface area contributed by atoms with Gasteiger partial charge in [0, 0.05) is 17.5 Å². The maximum absolute atomic E-state index is 11.8. The normalized spacial score (nSPS) is 12.7. The number of hydrogen-bond acceptors (Lipinski definition) is 4. The van der Waals surface area contributed by atoms with E-state index in [4.69, 9.17) is 0 Å². The molecule has 0 bridgehead atoms. The van der Waals surface area contributed by atoms with Crippen LogP contribution in [0.1, 0.15) is 53.9 Å². The molecule has 0 aliphatic heterocycles. The van der Waals surface area contributed by atoms with E-state index in [1.165, 1.54) is 0 Å². The van der Waals surface area contributed by atoms with Crippen molar-refractivity contribution in [2.75, 3.05) is 0 Å². The van der Waals surface area contributed by atoms with E-state index in [1.807, 2.05) is 12.3 Å². The Balaban J connectivity index is 2.03. The maximum Gasteiger partial charge on any atom is 0.269 e. The Morgan fingerprint density at radius 3 is 2.78 bits per heavy atom. The number of nitrogens with zero attached hydrogens (tertiary/aromatic N) is 2. The van der Waals surface area contributed by atoms with Crippen LogP contribution in [0.15, 0.2) is 17.6 Å². The van der Waals surface area contributed by atoms with Crippen LogP contribution in [-0.4, -0.2) is 21.1 Å². The van der Waals surface area contributed by atoms with E-state index in [1.54, 1.807) is 23.6 Å². The van der Waals surface area contributed by atoms with Crippen molar-refractivity contribution in [1.82, 2.24) is 20.5 Å². The Labute approximate surface area is 110 Å². The third-order valence-corrected chi connectivity index (χ3v) is 3.73. The van der Waals surface area contributed by atoms with Crippen molar-refractivity contribution >= 4 is 17.2 Å². The van der Waals surface area contributed by atoms with Gasteiger partial charge in [0.2, 0.25) is 0 Å². The molecule has 2 rings (SSSR count). The summed E-state index contributed by atoms with van der Waals surface area (Å²) in [4.78, 5) is 16.3. The van der Waals surface area contributed by atoms with Crippen LogP contribution in [0.25, 0.3) is 0 Å². The van der Waals surface area contributed by atoms with E-state index >= 15 is 0 Å². The molecule has 2 N–H and O–H groups in total. The zero-order chi connectivity index (χ0) is 13.1. The molecule has 2 aromatic heterocycles. The summed E-state index contributed by atoms with van der Waals surface area (Å²) >= 11 is 1.63. The Morgan fingerprint density at radius 1 is 1.44 bits per heavy atom. The number of carbonyl (C=O) groups excluding carboxylic acids is 1. The van der Waals surface area contributed by atoms with E-state index < -0.39 is 0 Å². The van der Waals surface area contributed by atoms with Gasteiger partial charge in [-0.05, 0) is 13.0 Å². The van der Waals surface area contributed by atoms with Crippen molar-refractivity contribution in [3.05, 3.63) is 34.0 Å². The van der Waals surface area contributed by atoms with E-state index in [0.717, 1.165) is 10.7 Å². The van der Waals surface area contributed by atoms with E-state index in [9.17, 15) is 4.79 Å². The van der Waals surface area contributed by atoms with Crippen LogP contribution in [0.3, 0.4) is 0 Å². The molecule has 96 valence electrons. The van der Waals surface area contributed by atoms with Crippen LogP contribution in [0.5, 0.6) is 0 Å². The highest BCUT2D eigenvalue weighted by Crippen LogP contribution is 2.22. The molecule has 2 heterocycles. The smallest absolute Gasteiger partial charge is 0.269 e. The van der Waals surface area contributed by atoms with Crippen molar-refractivity contribution in [3.8, 4) is 0 Å². The summed E-state index contributed by atoms with van der Waals surface area (Å²) < 4.78 is 0. The van der Waals surface area contributed by atoms with Crippen molar-refractivity contribution < 1.29 is 4.79 Å². The molecule has 0 aliphatic carbocycles. The highest BCUT2D eigenvalue weighted by Gasteiger charge is 2.15. The van der Waals surface area contributed by atoms with Gasteiger partial charge in [-0.2, -0.15) is 5.10 Å². The molecule has 1 atom stereocenters. The molecule has 0 fully saturated rings. The molecule has 5 nitrogen and oxygen atoms in total. The Morgan fingerprint density at radius 2 is 2.22 bits per heavy atom. The van der Waals surface area contributed by atoms with Crippen molar-refractivity contribution in [1.29, 1.82) is 0 Å². The predicted molar refractivity (Wildman–Crippen MR) is 70.7 cm³/mol. The number of carbonyl (C=O) groups is 1. The minimum atomic E-state index is -0.168. The number of amides is 1. The topological polar surface area (TPSA) is 70.7 Å². The minimum absolute atomic E-state index is 0.107. The summed E-state index contributed by atoms with van der Waals surface area (Å²) in [5.74, 6) is 0.248. The predicted octanol–water partition coefficient (Wildman–Crippen LogP) is 2.48. The molecule has 0 aliphatic rings. The number of hydrogen-bond donors (Lipinski definition) is 2. The summed E-state index contributed by atoms with van der Waals surface area (Å²) in [6, 6.07) is 1.53. The average Bonchev–Trinajstić information content (AvgIpc) is 3.00. The van der Waals surface area contributed by atoms with Gasteiger partial charge in [-0.1, -0.05) is 13.8 Å². The molecule has 18 heavy (non-hydrogen) atoms. The standard InChI is InChI=1S/C12H16N4OS/c1-7(2)12-15-10(6-18-12)8(3)14-11(17)9-4-5-13-16-9/h4-8H,1-3H3,(H,13,16)(H,14,17)/t8-/m0/s1. The second-order valence-corrected chi connectivity index (χ2v) is 5.32. The van der Waals surface area contributed by atoms with E-state index in [2.05, 4.69) is 34.3 Å². The highest BCUT2D eigenvalue weighted by molar-refractivity contribution is 7.09. The molecule has 0 unspecified atom stereocenters. The van der Waals surface area contributed by atoms with Gasteiger partial charge < -0.3 is 5.32 Å². The number of H-pyrrole nitrogens is 1. The number of aromatic nitrogens is 3. The fourth-order valence-electron chi connectivity index (χ4n) is 1.50. The molecule has 6 heteroatoms. The molecule has 1 amide bonds. The Hall–Kier alpha value is -1.69. The maximum atomic E-state index is 11.8. The zero-order valence-electron chi connectivity index (χ0n) is 10.6. The quantitative estimate of drug-likeness (QED) is 0.891. The summed E-state index contributed by atoms with van der Waals surface area (Å²) in [5.41, 5.74) is 1.36. The first-order valence-corrected chi connectivity index (χ1v) is 6.71. The summed E-state index contributed by atoms with van der Waals surface area (Å²) in [6.45, 7) is 6.14. The van der Waals surface area contributed by atoms with Crippen LogP contribution in [-0.2, 0) is 0 Å². The molecule has 0 saturated heterocycles. The van der Waals surface area contributed by atoms with Crippen LogP contribution in [0.2, 0.25) is 0 Å². The molecular weight excluding hydrogens is 248 g/mol. The molecule has 0 spiro atoms. The first-order chi connectivity index (χ1) is 8.58. The second-order valence-electron chi connectivity index (χ2n) is 4.43. The lowest BCUT2D eigenvalue weighted by Crippen LogP contribution is -2.27. The first kappa shape index (κ1) is 12.8. The first-order valence-electron chi connectivity index (χ1n) is 5.83. The van der Waals surface area contributed by atoms with Gasteiger partial charge in [-0.15, -0.1) is 11.3 Å². The lowest BCUT2D eigenvalue weighted by atomic mass is 10.2. The molecule has 0 saturated carbocycles. The van der Waals surface area contributed by atoms with Crippen LogP contribution in [0.4, 0.5) is 0 Å². The number of nitrogens with one attached hydrogen (secondary N) is 2. The SMILES string of the molecule is CC(C)c1nc([C@H](C)NC(=O)c2ccn[nH]2)cs1. The fraction of sp³-hybridized carbons (Fsp3) is 0.417. The Bertz CT molecular complexity index is 518. The van der Waals surface area contributed by atoms with Gasteiger partial charge in [0.15, 0.2) is 0 Å². The lowest BCUT2D eigenvalue weighted by molar-refractivity contribution is 0.0934. The molecule has 2 aromatic rings. The van der Waals surface area contributed by atoms with Gasteiger partial charge in [0.05, 0.1) is 16.7 Å². The van der Waals surface area contributed by atoms with Gasteiger partial charge in [-0.3, -0.25) is 9.89 Å². The van der Waals surface area contributed by atoms with E-state index in [0.29, 0.717) is 11.6 Å². The minimum Gasteiger partial charge on any atom is -0.343 e.